The van der Waals surface area contributed by atoms with Crippen LogP contribution in [0.15, 0.2) is 47.3 Å². The highest BCUT2D eigenvalue weighted by atomic mass is 19.1. The predicted octanol–water partition coefficient (Wildman–Crippen LogP) is 5.55. The maximum Gasteiger partial charge on any atom is 0.259 e. The lowest BCUT2D eigenvalue weighted by Crippen LogP contribution is -2.38. The Morgan fingerprint density at radius 3 is 2.58 bits per heavy atom. The van der Waals surface area contributed by atoms with Gasteiger partial charge in [0.2, 0.25) is 5.78 Å². The molecular formula is C30H32FN5O2. The molecule has 5 rings (SSSR count). The maximum absolute atomic E-state index is 15.5. The van der Waals surface area contributed by atoms with Gasteiger partial charge in [0.15, 0.2) is 0 Å². The molecule has 7 nitrogen and oxygen atoms in total. The van der Waals surface area contributed by atoms with Crippen molar-refractivity contribution in [3.05, 3.63) is 86.8 Å². The highest BCUT2D eigenvalue weighted by molar-refractivity contribution is 5.70. The molecule has 0 amide bonds. The predicted molar refractivity (Wildman–Crippen MR) is 144 cm³/mol. The standard InChI is InChI=1S/C30H32FN5O2/c1-5-8-28-26(15-22-12-11-21(16-27(22)31)25-10-7-6-9-23(25)17-32)29(37)35(30-33-20(4)34-36(28)30)24-13-18(2)38-19(3)14-24/h6-7,9-12,16,18-19,24H,5,8,13-15H2,1-4H3. The van der Waals surface area contributed by atoms with E-state index in [4.69, 9.17) is 4.74 Å². The first-order valence-electron chi connectivity index (χ1n) is 13.2. The lowest BCUT2D eigenvalue weighted by atomic mass is 9.95. The molecule has 1 aliphatic rings. The lowest BCUT2D eigenvalue weighted by Gasteiger charge is -2.33. The second-order valence-corrected chi connectivity index (χ2v) is 10.2. The van der Waals surface area contributed by atoms with Crippen molar-refractivity contribution in [2.45, 2.75) is 78.0 Å². The number of nitriles is 1. The van der Waals surface area contributed by atoms with Gasteiger partial charge in [0.25, 0.3) is 5.56 Å². The van der Waals surface area contributed by atoms with E-state index in [-0.39, 0.29) is 30.2 Å². The van der Waals surface area contributed by atoms with E-state index in [2.05, 4.69) is 23.1 Å². The highest BCUT2D eigenvalue weighted by Crippen LogP contribution is 2.31. The number of benzene rings is 2. The van der Waals surface area contributed by atoms with Gasteiger partial charge in [-0.25, -0.2) is 8.91 Å². The van der Waals surface area contributed by atoms with Crippen molar-refractivity contribution in [2.24, 2.45) is 0 Å². The van der Waals surface area contributed by atoms with Gasteiger partial charge >= 0.3 is 0 Å². The van der Waals surface area contributed by atoms with Gasteiger partial charge in [-0.15, -0.1) is 0 Å². The van der Waals surface area contributed by atoms with Crippen LogP contribution in [0.3, 0.4) is 0 Å². The number of ether oxygens (including phenoxy) is 1. The molecule has 1 fully saturated rings. The average molecular weight is 514 g/mol. The lowest BCUT2D eigenvalue weighted by molar-refractivity contribution is -0.0488. The summed E-state index contributed by atoms with van der Waals surface area (Å²) in [5, 5.41) is 14.1. The Morgan fingerprint density at radius 2 is 1.89 bits per heavy atom. The number of halogens is 1. The van der Waals surface area contributed by atoms with E-state index in [1.165, 1.54) is 6.07 Å². The zero-order valence-electron chi connectivity index (χ0n) is 22.2. The Morgan fingerprint density at radius 1 is 1.16 bits per heavy atom. The minimum atomic E-state index is -0.410. The van der Waals surface area contributed by atoms with Crippen molar-refractivity contribution in [1.29, 1.82) is 5.26 Å². The first-order chi connectivity index (χ1) is 18.3. The molecule has 2 aromatic heterocycles. The molecule has 2 atom stereocenters. The van der Waals surface area contributed by atoms with Crippen LogP contribution in [-0.2, 0) is 17.6 Å². The first kappa shape index (κ1) is 25.8. The van der Waals surface area contributed by atoms with E-state index in [0.717, 1.165) is 12.1 Å². The molecule has 0 aliphatic carbocycles. The van der Waals surface area contributed by atoms with Crippen molar-refractivity contribution >= 4 is 5.78 Å². The molecule has 2 unspecified atom stereocenters. The fourth-order valence-corrected chi connectivity index (χ4v) is 5.69. The number of nitrogens with zero attached hydrogens (tertiary/aromatic N) is 5. The minimum Gasteiger partial charge on any atom is -0.375 e. The van der Waals surface area contributed by atoms with E-state index in [1.54, 1.807) is 27.3 Å². The van der Waals surface area contributed by atoms with E-state index in [9.17, 15) is 10.1 Å². The van der Waals surface area contributed by atoms with Crippen molar-refractivity contribution in [3.8, 4) is 17.2 Å². The van der Waals surface area contributed by atoms with Crippen LogP contribution in [0.1, 0.15) is 74.3 Å². The fraction of sp³-hybridized carbons (Fsp3) is 0.400. The monoisotopic (exact) mass is 513 g/mol. The molecule has 0 radical (unpaired) electrons. The summed E-state index contributed by atoms with van der Waals surface area (Å²) < 4.78 is 25.0. The molecule has 8 heteroatoms. The summed E-state index contributed by atoms with van der Waals surface area (Å²) in [5.74, 6) is 0.717. The summed E-state index contributed by atoms with van der Waals surface area (Å²) in [5.41, 5.74) is 3.39. The summed E-state index contributed by atoms with van der Waals surface area (Å²) >= 11 is 0. The zero-order valence-corrected chi connectivity index (χ0v) is 22.2. The second-order valence-electron chi connectivity index (χ2n) is 10.2. The van der Waals surface area contributed by atoms with Crippen LogP contribution in [0.25, 0.3) is 16.9 Å². The van der Waals surface area contributed by atoms with Crippen LogP contribution in [0.5, 0.6) is 0 Å². The molecule has 0 N–H and O–H groups in total. The van der Waals surface area contributed by atoms with E-state index < -0.39 is 5.82 Å². The number of hydrogen-bond acceptors (Lipinski definition) is 5. The third-order valence-electron chi connectivity index (χ3n) is 7.30. The minimum absolute atomic E-state index is 0.0137. The van der Waals surface area contributed by atoms with Gasteiger partial charge in [0.05, 0.1) is 29.5 Å². The second kappa shape index (κ2) is 10.5. The van der Waals surface area contributed by atoms with Crippen LogP contribution in [-0.4, -0.2) is 31.4 Å². The van der Waals surface area contributed by atoms with Crippen molar-refractivity contribution in [1.82, 2.24) is 19.2 Å². The molecule has 1 saturated heterocycles. The van der Waals surface area contributed by atoms with Gasteiger partial charge < -0.3 is 4.74 Å². The molecule has 2 aromatic carbocycles. The summed E-state index contributed by atoms with van der Waals surface area (Å²) in [4.78, 5) is 18.8. The number of rotatable bonds is 6. The van der Waals surface area contributed by atoms with Crippen LogP contribution < -0.4 is 5.56 Å². The van der Waals surface area contributed by atoms with Gasteiger partial charge in [-0.1, -0.05) is 43.7 Å². The molecule has 4 aromatic rings. The highest BCUT2D eigenvalue weighted by Gasteiger charge is 2.30. The average Bonchev–Trinajstić information content (AvgIpc) is 3.27. The number of hydrogen-bond donors (Lipinski definition) is 0. The Labute approximate surface area is 221 Å². The van der Waals surface area contributed by atoms with E-state index in [1.807, 2.05) is 39.0 Å². The quantitative estimate of drug-likeness (QED) is 0.338. The molecule has 0 saturated carbocycles. The SMILES string of the molecule is CCCc1c(Cc2ccc(-c3ccccc3C#N)cc2F)c(=O)n(C2CC(C)OC(C)C2)c2nc(C)nn12. The third kappa shape index (κ3) is 4.74. The first-order valence-corrected chi connectivity index (χ1v) is 13.2. The summed E-state index contributed by atoms with van der Waals surface area (Å²) in [6.07, 6.45) is 2.99. The molecule has 1 aliphatic heterocycles. The molecule has 0 spiro atoms. The van der Waals surface area contributed by atoms with Crippen molar-refractivity contribution < 1.29 is 9.13 Å². The fourth-order valence-electron chi connectivity index (χ4n) is 5.69. The van der Waals surface area contributed by atoms with E-state index >= 15 is 4.39 Å². The summed E-state index contributed by atoms with van der Waals surface area (Å²) in [6, 6.07) is 14.2. The zero-order chi connectivity index (χ0) is 27.0. The van der Waals surface area contributed by atoms with E-state index in [0.29, 0.717) is 58.7 Å². The Bertz CT molecular complexity index is 1590. The maximum atomic E-state index is 15.5. The summed E-state index contributed by atoms with van der Waals surface area (Å²) in [6.45, 7) is 7.92. The van der Waals surface area contributed by atoms with Gasteiger partial charge in [-0.05, 0) is 68.9 Å². The van der Waals surface area contributed by atoms with Crippen LogP contribution >= 0.6 is 0 Å². The molecule has 0 bridgehead atoms. The molecule has 38 heavy (non-hydrogen) atoms. The van der Waals surface area contributed by atoms with Gasteiger partial charge in [0.1, 0.15) is 11.6 Å². The number of fused-ring (bicyclic) bond motifs is 1. The van der Waals surface area contributed by atoms with Crippen LogP contribution in [0.4, 0.5) is 4.39 Å². The molecular weight excluding hydrogens is 481 g/mol. The largest absolute Gasteiger partial charge is 0.375 e. The van der Waals surface area contributed by atoms with Crippen molar-refractivity contribution in [3.63, 3.8) is 0 Å². The van der Waals surface area contributed by atoms with Gasteiger partial charge in [0, 0.05) is 18.0 Å². The van der Waals surface area contributed by atoms with Crippen LogP contribution in [0.2, 0.25) is 0 Å². The van der Waals surface area contributed by atoms with Gasteiger partial charge in [-0.3, -0.25) is 9.36 Å². The Hall–Kier alpha value is -3.83. The topological polar surface area (TPSA) is 85.2 Å². The Kier molecular flexibility index (Phi) is 7.13. The van der Waals surface area contributed by atoms with Gasteiger partial charge in [-0.2, -0.15) is 15.3 Å². The molecule has 196 valence electrons. The van der Waals surface area contributed by atoms with Crippen molar-refractivity contribution in [2.75, 3.05) is 0 Å². The Balaban J connectivity index is 1.64. The number of aryl methyl sites for hydroxylation is 2. The van der Waals surface area contributed by atoms with Crippen LogP contribution in [0, 0.1) is 24.1 Å². The number of aromatic nitrogens is 4. The third-order valence-corrected chi connectivity index (χ3v) is 7.30. The summed E-state index contributed by atoms with van der Waals surface area (Å²) in [7, 11) is 0. The smallest absolute Gasteiger partial charge is 0.259 e. The molecule has 3 heterocycles. The normalized spacial score (nSPS) is 19.5.